The topological polar surface area (TPSA) is 28.4 Å². The molecule has 0 atom stereocenters. The fraction of sp³-hybridized carbons (Fsp3) is 0.750. The number of hydrogen-bond donors (Lipinski definition) is 1. The summed E-state index contributed by atoms with van der Waals surface area (Å²) < 4.78 is 5.68. The van der Waals surface area contributed by atoms with Gasteiger partial charge in [-0.15, -0.1) is 0 Å². The van der Waals surface area contributed by atoms with Gasteiger partial charge in [0.1, 0.15) is 5.76 Å². The van der Waals surface area contributed by atoms with E-state index in [1.54, 1.807) is 0 Å². The molecule has 3 heteroatoms. The van der Waals surface area contributed by atoms with Gasteiger partial charge in [0, 0.05) is 12.1 Å². The third kappa shape index (κ3) is 4.66. The summed E-state index contributed by atoms with van der Waals surface area (Å²) >= 11 is 0. The second-order valence-electron chi connectivity index (χ2n) is 6.50. The van der Waals surface area contributed by atoms with Gasteiger partial charge in [-0.05, 0) is 50.4 Å². The summed E-state index contributed by atoms with van der Waals surface area (Å²) in [6.45, 7) is 12.2. The first-order valence-electron chi connectivity index (χ1n) is 7.58. The summed E-state index contributed by atoms with van der Waals surface area (Å²) in [7, 11) is 0. The first-order valence-corrected chi connectivity index (χ1v) is 7.58. The monoisotopic (exact) mass is 264 g/mol. The van der Waals surface area contributed by atoms with Gasteiger partial charge in [-0.25, -0.2) is 0 Å². The zero-order chi connectivity index (χ0) is 13.7. The molecule has 1 N–H and O–H groups in total. The van der Waals surface area contributed by atoms with Crippen molar-refractivity contribution in [2.45, 2.75) is 53.1 Å². The Balaban J connectivity index is 1.85. The van der Waals surface area contributed by atoms with E-state index in [0.717, 1.165) is 25.4 Å². The molecule has 1 aromatic rings. The molecule has 19 heavy (non-hydrogen) atoms. The molecule has 108 valence electrons. The highest BCUT2D eigenvalue weighted by molar-refractivity contribution is 5.12. The lowest BCUT2D eigenvalue weighted by Crippen LogP contribution is -2.24. The van der Waals surface area contributed by atoms with E-state index in [0.29, 0.717) is 5.41 Å². The van der Waals surface area contributed by atoms with Gasteiger partial charge in [0.05, 0.1) is 12.8 Å². The number of likely N-dealkylation sites (tertiary alicyclic amines) is 1. The maximum atomic E-state index is 5.68. The molecule has 2 rings (SSSR count). The molecule has 2 heterocycles. The van der Waals surface area contributed by atoms with Gasteiger partial charge in [-0.2, -0.15) is 0 Å². The highest BCUT2D eigenvalue weighted by Gasteiger charge is 2.23. The summed E-state index contributed by atoms with van der Waals surface area (Å²) in [4.78, 5) is 2.53. The Hall–Kier alpha value is -0.800. The summed E-state index contributed by atoms with van der Waals surface area (Å²) in [5.41, 5.74) is 1.76. The van der Waals surface area contributed by atoms with Crippen LogP contribution in [0.15, 0.2) is 16.7 Å². The number of hydrogen-bond acceptors (Lipinski definition) is 3. The van der Waals surface area contributed by atoms with Crippen molar-refractivity contribution < 1.29 is 4.42 Å². The van der Waals surface area contributed by atoms with Gasteiger partial charge in [0.25, 0.3) is 0 Å². The molecular weight excluding hydrogens is 236 g/mol. The Labute approximate surface area is 117 Å². The Bertz CT molecular complexity index is 384. The average Bonchev–Trinajstić information content (AvgIpc) is 2.73. The normalized spacial score (nSPS) is 20.4. The maximum Gasteiger partial charge on any atom is 0.118 e. The molecule has 0 bridgehead atoms. The molecule has 0 saturated carbocycles. The van der Waals surface area contributed by atoms with E-state index < -0.39 is 0 Å². The fourth-order valence-electron chi connectivity index (χ4n) is 2.73. The van der Waals surface area contributed by atoms with Crippen molar-refractivity contribution in [2.75, 3.05) is 19.6 Å². The minimum Gasteiger partial charge on any atom is -0.468 e. The molecule has 3 nitrogen and oxygen atoms in total. The molecule has 1 aromatic heterocycles. The van der Waals surface area contributed by atoms with Gasteiger partial charge < -0.3 is 9.73 Å². The molecule has 1 aliphatic rings. The van der Waals surface area contributed by atoms with Gasteiger partial charge in [0.2, 0.25) is 0 Å². The van der Waals surface area contributed by atoms with E-state index in [4.69, 9.17) is 4.42 Å². The smallest absolute Gasteiger partial charge is 0.118 e. The fourth-order valence-corrected chi connectivity index (χ4v) is 2.73. The van der Waals surface area contributed by atoms with Crippen molar-refractivity contribution in [3.63, 3.8) is 0 Å². The molecule has 0 aromatic carbocycles. The van der Waals surface area contributed by atoms with Crippen molar-refractivity contribution in [1.29, 1.82) is 0 Å². The van der Waals surface area contributed by atoms with Crippen LogP contribution < -0.4 is 5.32 Å². The van der Waals surface area contributed by atoms with E-state index in [9.17, 15) is 0 Å². The lowest BCUT2D eigenvalue weighted by Gasteiger charge is -2.22. The van der Waals surface area contributed by atoms with Crippen LogP contribution in [0.25, 0.3) is 0 Å². The Morgan fingerprint density at radius 2 is 2.16 bits per heavy atom. The van der Waals surface area contributed by atoms with Gasteiger partial charge >= 0.3 is 0 Å². The first-order chi connectivity index (χ1) is 9.09. The standard InChI is InChI=1S/C16H28N2O/c1-4-17-11-14-10-15(19-13-14)12-18-8-5-6-16(2,3)7-9-18/h10,13,17H,4-9,11-12H2,1-3H3. The minimum atomic E-state index is 0.508. The number of nitrogens with zero attached hydrogens (tertiary/aromatic N) is 1. The predicted molar refractivity (Wildman–Crippen MR) is 79.0 cm³/mol. The zero-order valence-corrected chi connectivity index (χ0v) is 12.7. The second kappa shape index (κ2) is 6.58. The lowest BCUT2D eigenvalue weighted by molar-refractivity contribution is 0.238. The molecular formula is C16H28N2O. The molecule has 1 fully saturated rings. The molecule has 0 spiro atoms. The minimum absolute atomic E-state index is 0.508. The molecule has 0 aliphatic carbocycles. The third-order valence-electron chi connectivity index (χ3n) is 4.10. The number of rotatable bonds is 5. The van der Waals surface area contributed by atoms with Crippen LogP contribution in [0.2, 0.25) is 0 Å². The van der Waals surface area contributed by atoms with Crippen molar-refractivity contribution in [2.24, 2.45) is 5.41 Å². The first kappa shape index (κ1) is 14.6. The van der Waals surface area contributed by atoms with Crippen molar-refractivity contribution in [3.8, 4) is 0 Å². The van der Waals surface area contributed by atoms with Crippen molar-refractivity contribution in [1.82, 2.24) is 10.2 Å². The Kier molecular flexibility index (Phi) is 5.06. The van der Waals surface area contributed by atoms with E-state index in [1.807, 2.05) is 6.26 Å². The third-order valence-corrected chi connectivity index (χ3v) is 4.10. The van der Waals surface area contributed by atoms with Crippen molar-refractivity contribution >= 4 is 0 Å². The van der Waals surface area contributed by atoms with E-state index in [1.165, 1.54) is 37.9 Å². The zero-order valence-electron chi connectivity index (χ0n) is 12.7. The van der Waals surface area contributed by atoms with E-state index in [2.05, 4.69) is 37.1 Å². The summed E-state index contributed by atoms with van der Waals surface area (Å²) in [5, 5.41) is 3.33. The Morgan fingerprint density at radius 3 is 2.95 bits per heavy atom. The highest BCUT2D eigenvalue weighted by atomic mass is 16.3. The van der Waals surface area contributed by atoms with Crippen LogP contribution in [-0.2, 0) is 13.1 Å². The Morgan fingerprint density at radius 1 is 1.32 bits per heavy atom. The summed E-state index contributed by atoms with van der Waals surface area (Å²) in [5.74, 6) is 1.10. The maximum absolute atomic E-state index is 5.68. The van der Waals surface area contributed by atoms with Crippen LogP contribution in [0.1, 0.15) is 51.4 Å². The predicted octanol–water partition coefficient (Wildman–Crippen LogP) is 3.40. The van der Waals surface area contributed by atoms with Crippen LogP contribution in [-0.4, -0.2) is 24.5 Å². The van der Waals surface area contributed by atoms with Gasteiger partial charge in [-0.1, -0.05) is 20.8 Å². The number of nitrogens with one attached hydrogen (secondary N) is 1. The lowest BCUT2D eigenvalue weighted by atomic mass is 9.85. The summed E-state index contributed by atoms with van der Waals surface area (Å²) in [6, 6.07) is 2.19. The molecule has 1 saturated heterocycles. The molecule has 0 unspecified atom stereocenters. The highest BCUT2D eigenvalue weighted by Crippen LogP contribution is 2.30. The SMILES string of the molecule is CCNCc1coc(CN2CCCC(C)(C)CC2)c1. The average molecular weight is 264 g/mol. The van der Waals surface area contributed by atoms with Crippen molar-refractivity contribution in [3.05, 3.63) is 23.7 Å². The second-order valence-corrected chi connectivity index (χ2v) is 6.50. The molecule has 1 aliphatic heterocycles. The van der Waals surface area contributed by atoms with Crippen LogP contribution in [0.4, 0.5) is 0 Å². The van der Waals surface area contributed by atoms with E-state index in [-0.39, 0.29) is 0 Å². The van der Waals surface area contributed by atoms with E-state index >= 15 is 0 Å². The largest absolute Gasteiger partial charge is 0.468 e. The number of furan rings is 1. The molecule has 0 radical (unpaired) electrons. The quantitative estimate of drug-likeness (QED) is 0.883. The van der Waals surface area contributed by atoms with Gasteiger partial charge in [0.15, 0.2) is 0 Å². The molecule has 0 amide bonds. The van der Waals surface area contributed by atoms with Crippen LogP contribution >= 0.6 is 0 Å². The van der Waals surface area contributed by atoms with Crippen LogP contribution in [0.3, 0.4) is 0 Å². The van der Waals surface area contributed by atoms with Gasteiger partial charge in [-0.3, -0.25) is 4.90 Å². The van der Waals surface area contributed by atoms with Crippen LogP contribution in [0.5, 0.6) is 0 Å². The van der Waals surface area contributed by atoms with Crippen LogP contribution in [0, 0.1) is 5.41 Å². The summed E-state index contributed by atoms with van der Waals surface area (Å²) in [6.07, 6.45) is 5.82.